The molecule has 0 radical (unpaired) electrons. The lowest BCUT2D eigenvalue weighted by Crippen LogP contribution is -2.06. The van der Waals surface area contributed by atoms with Gasteiger partial charge in [-0.2, -0.15) is 0 Å². The maximum absolute atomic E-state index is 11.8. The first-order valence-corrected chi connectivity index (χ1v) is 8.15. The summed E-state index contributed by atoms with van der Waals surface area (Å²) in [5.41, 5.74) is 1.16. The molecule has 0 amide bonds. The van der Waals surface area contributed by atoms with Crippen LogP contribution in [0.4, 0.5) is 0 Å². The average Bonchev–Trinajstić information content (AvgIpc) is 2.26. The van der Waals surface area contributed by atoms with Crippen molar-refractivity contribution < 1.29 is 8.42 Å². The van der Waals surface area contributed by atoms with Gasteiger partial charge in [0.25, 0.3) is 0 Å². The summed E-state index contributed by atoms with van der Waals surface area (Å²) in [7, 11) is -3.05. The summed E-state index contributed by atoms with van der Waals surface area (Å²) in [6.07, 6.45) is 1.64. The highest BCUT2D eigenvalue weighted by atomic mass is 127. The Morgan fingerprint density at radius 3 is 2.27 bits per heavy atom. The van der Waals surface area contributed by atoms with Gasteiger partial charge < -0.3 is 0 Å². The van der Waals surface area contributed by atoms with Crippen LogP contribution in [-0.2, 0) is 14.3 Å². The van der Waals surface area contributed by atoms with Gasteiger partial charge >= 0.3 is 0 Å². The van der Waals surface area contributed by atoms with E-state index < -0.39 is 9.84 Å². The van der Waals surface area contributed by atoms with Crippen molar-refractivity contribution in [3.63, 3.8) is 0 Å². The second kappa shape index (κ2) is 5.84. The Bertz CT molecular complexity index is 395. The van der Waals surface area contributed by atoms with E-state index in [1.54, 1.807) is 12.1 Å². The standard InChI is InChI=1S/C11H15IO2S/c1-2-3-8-15(13,14)11-6-4-10(9-12)5-7-11/h4-7H,2-3,8-9H2,1H3. The first-order valence-electron chi connectivity index (χ1n) is 4.98. The van der Waals surface area contributed by atoms with E-state index in [9.17, 15) is 8.42 Å². The summed E-state index contributed by atoms with van der Waals surface area (Å²) in [5, 5.41) is 0. The zero-order chi connectivity index (χ0) is 11.3. The minimum atomic E-state index is -3.05. The molecular formula is C11H15IO2S. The van der Waals surface area contributed by atoms with Gasteiger partial charge in [0.2, 0.25) is 0 Å². The Hall–Kier alpha value is -0.100. The van der Waals surface area contributed by atoms with E-state index in [0.717, 1.165) is 22.8 Å². The Morgan fingerprint density at radius 1 is 1.20 bits per heavy atom. The molecule has 0 atom stereocenters. The number of hydrogen-bond acceptors (Lipinski definition) is 2. The van der Waals surface area contributed by atoms with Crippen LogP contribution < -0.4 is 0 Å². The molecule has 0 aliphatic rings. The fraction of sp³-hybridized carbons (Fsp3) is 0.455. The van der Waals surface area contributed by atoms with Crippen molar-refractivity contribution >= 4 is 32.4 Å². The molecule has 84 valence electrons. The first-order chi connectivity index (χ1) is 7.10. The Balaban J connectivity index is 2.86. The third-order valence-electron chi connectivity index (χ3n) is 2.20. The van der Waals surface area contributed by atoms with Crippen molar-refractivity contribution in [3.8, 4) is 0 Å². The monoisotopic (exact) mass is 338 g/mol. The topological polar surface area (TPSA) is 34.1 Å². The van der Waals surface area contributed by atoms with Gasteiger partial charge in [0.1, 0.15) is 0 Å². The fourth-order valence-corrected chi connectivity index (χ4v) is 3.20. The van der Waals surface area contributed by atoms with E-state index in [1.807, 2.05) is 19.1 Å². The van der Waals surface area contributed by atoms with E-state index in [1.165, 1.54) is 0 Å². The quantitative estimate of drug-likeness (QED) is 0.610. The summed E-state index contributed by atoms with van der Waals surface area (Å²) < 4.78 is 24.5. The highest BCUT2D eigenvalue weighted by Crippen LogP contribution is 2.15. The predicted octanol–water partition coefficient (Wildman–Crippen LogP) is 3.20. The van der Waals surface area contributed by atoms with Crippen LogP contribution in [0.5, 0.6) is 0 Å². The van der Waals surface area contributed by atoms with Gasteiger partial charge in [0, 0.05) is 4.43 Å². The van der Waals surface area contributed by atoms with Crippen molar-refractivity contribution in [2.24, 2.45) is 0 Å². The number of sulfone groups is 1. The number of unbranched alkanes of at least 4 members (excludes halogenated alkanes) is 1. The molecule has 0 saturated carbocycles. The third-order valence-corrected chi connectivity index (χ3v) is 4.90. The molecule has 0 N–H and O–H groups in total. The van der Waals surface area contributed by atoms with Gasteiger partial charge in [-0.1, -0.05) is 48.1 Å². The normalized spacial score (nSPS) is 11.6. The molecule has 4 heteroatoms. The lowest BCUT2D eigenvalue weighted by atomic mass is 10.2. The molecule has 0 spiro atoms. The van der Waals surface area contributed by atoms with E-state index in [2.05, 4.69) is 22.6 Å². The lowest BCUT2D eigenvalue weighted by Gasteiger charge is -2.04. The van der Waals surface area contributed by atoms with Crippen molar-refractivity contribution in [1.29, 1.82) is 0 Å². The van der Waals surface area contributed by atoms with Crippen LogP contribution >= 0.6 is 22.6 Å². The molecule has 1 aromatic rings. The average molecular weight is 338 g/mol. The largest absolute Gasteiger partial charge is 0.224 e. The summed E-state index contributed by atoms with van der Waals surface area (Å²) >= 11 is 2.26. The number of benzene rings is 1. The second-order valence-electron chi connectivity index (χ2n) is 3.45. The van der Waals surface area contributed by atoms with Crippen LogP contribution in [0.3, 0.4) is 0 Å². The molecule has 0 aromatic heterocycles. The van der Waals surface area contributed by atoms with Crippen LogP contribution in [0.2, 0.25) is 0 Å². The van der Waals surface area contributed by atoms with E-state index in [0.29, 0.717) is 4.90 Å². The van der Waals surface area contributed by atoms with Crippen LogP contribution in [0, 0.1) is 0 Å². The molecule has 1 rings (SSSR count). The fourth-order valence-electron chi connectivity index (χ4n) is 1.24. The molecule has 15 heavy (non-hydrogen) atoms. The molecule has 2 nitrogen and oxygen atoms in total. The maximum atomic E-state index is 11.8. The summed E-state index contributed by atoms with van der Waals surface area (Å²) in [4.78, 5) is 0.449. The van der Waals surface area contributed by atoms with Gasteiger partial charge in [-0.15, -0.1) is 0 Å². The first kappa shape index (κ1) is 13.0. The van der Waals surface area contributed by atoms with Crippen LogP contribution in [-0.4, -0.2) is 14.2 Å². The Morgan fingerprint density at radius 2 is 1.80 bits per heavy atom. The van der Waals surface area contributed by atoms with E-state index in [-0.39, 0.29) is 5.75 Å². The van der Waals surface area contributed by atoms with Gasteiger partial charge in [0.15, 0.2) is 9.84 Å². The van der Waals surface area contributed by atoms with Crippen molar-refractivity contribution in [1.82, 2.24) is 0 Å². The Kier molecular flexibility index (Phi) is 5.05. The number of rotatable bonds is 5. The van der Waals surface area contributed by atoms with Crippen molar-refractivity contribution in [2.75, 3.05) is 5.75 Å². The van der Waals surface area contributed by atoms with Gasteiger partial charge in [0.05, 0.1) is 10.6 Å². The highest BCUT2D eigenvalue weighted by molar-refractivity contribution is 14.1. The van der Waals surface area contributed by atoms with Crippen molar-refractivity contribution in [2.45, 2.75) is 29.1 Å². The molecule has 0 aliphatic carbocycles. The molecule has 0 bridgehead atoms. The minimum absolute atomic E-state index is 0.257. The SMILES string of the molecule is CCCCS(=O)(=O)c1ccc(CI)cc1. The molecule has 0 saturated heterocycles. The smallest absolute Gasteiger partial charge is 0.178 e. The minimum Gasteiger partial charge on any atom is -0.224 e. The summed E-state index contributed by atoms with van der Waals surface area (Å²) in [6.45, 7) is 1.99. The van der Waals surface area contributed by atoms with E-state index in [4.69, 9.17) is 0 Å². The van der Waals surface area contributed by atoms with Gasteiger partial charge in [-0.05, 0) is 24.1 Å². The zero-order valence-corrected chi connectivity index (χ0v) is 11.7. The number of halogens is 1. The molecule has 0 unspecified atom stereocenters. The molecule has 0 fully saturated rings. The maximum Gasteiger partial charge on any atom is 0.178 e. The summed E-state index contributed by atoms with van der Waals surface area (Å²) in [5.74, 6) is 0.257. The van der Waals surface area contributed by atoms with Crippen LogP contribution in [0.15, 0.2) is 29.2 Å². The molecular weight excluding hydrogens is 323 g/mol. The van der Waals surface area contributed by atoms with Gasteiger partial charge in [-0.25, -0.2) is 8.42 Å². The Labute approximate surface area is 105 Å². The molecule has 1 aromatic carbocycles. The van der Waals surface area contributed by atoms with Crippen molar-refractivity contribution in [3.05, 3.63) is 29.8 Å². The predicted molar refractivity (Wildman–Crippen MR) is 71.1 cm³/mol. The number of alkyl halides is 1. The third kappa shape index (κ3) is 3.75. The van der Waals surface area contributed by atoms with Crippen LogP contribution in [0.25, 0.3) is 0 Å². The lowest BCUT2D eigenvalue weighted by molar-refractivity contribution is 0.592. The molecule has 0 aliphatic heterocycles. The van der Waals surface area contributed by atoms with Gasteiger partial charge in [-0.3, -0.25) is 0 Å². The second-order valence-corrected chi connectivity index (χ2v) is 6.32. The molecule has 0 heterocycles. The number of hydrogen-bond donors (Lipinski definition) is 0. The van der Waals surface area contributed by atoms with Crippen LogP contribution in [0.1, 0.15) is 25.3 Å². The van der Waals surface area contributed by atoms with E-state index >= 15 is 0 Å². The summed E-state index contributed by atoms with van der Waals surface area (Å²) in [6, 6.07) is 7.18. The highest BCUT2D eigenvalue weighted by Gasteiger charge is 2.12. The zero-order valence-electron chi connectivity index (χ0n) is 8.74.